The van der Waals surface area contributed by atoms with Crippen molar-refractivity contribution < 1.29 is 19.1 Å². The maximum atomic E-state index is 12.1. The molecule has 1 aromatic carbocycles. The largest absolute Gasteiger partial charge is 0.419 e. The Morgan fingerprint density at radius 2 is 1.59 bits per heavy atom. The van der Waals surface area contributed by atoms with E-state index < -0.39 is 17.7 Å². The molecule has 0 amide bonds. The van der Waals surface area contributed by atoms with Crippen LogP contribution in [-0.2, 0) is 19.1 Å². The summed E-state index contributed by atoms with van der Waals surface area (Å²) in [6.45, 7) is 6.76. The molecular weight excluding hydrogens is 280 g/mol. The molecule has 22 heavy (non-hydrogen) atoms. The molecule has 0 saturated carbocycles. The molecule has 4 nitrogen and oxygen atoms in total. The minimum atomic E-state index is -1.24. The van der Waals surface area contributed by atoms with Crippen LogP contribution in [0.3, 0.4) is 0 Å². The third-order valence-electron chi connectivity index (χ3n) is 3.05. The van der Waals surface area contributed by atoms with E-state index in [1.165, 1.54) is 13.8 Å². The Morgan fingerprint density at radius 1 is 1.05 bits per heavy atom. The predicted molar refractivity (Wildman–Crippen MR) is 81.4 cm³/mol. The summed E-state index contributed by atoms with van der Waals surface area (Å²) >= 11 is 0. The van der Waals surface area contributed by atoms with Crippen LogP contribution in [0.5, 0.6) is 0 Å². The van der Waals surface area contributed by atoms with Crippen LogP contribution in [0, 0.1) is 17.8 Å². The van der Waals surface area contributed by atoms with Gasteiger partial charge in [-0.3, -0.25) is 0 Å². The van der Waals surface area contributed by atoms with E-state index in [1.807, 2.05) is 44.2 Å². The van der Waals surface area contributed by atoms with Crippen LogP contribution in [0.1, 0.15) is 33.3 Å². The third-order valence-corrected chi connectivity index (χ3v) is 3.05. The molecule has 0 spiro atoms. The van der Waals surface area contributed by atoms with Gasteiger partial charge in [-0.25, -0.2) is 9.59 Å². The van der Waals surface area contributed by atoms with Gasteiger partial charge in [0.15, 0.2) is 5.57 Å². The van der Waals surface area contributed by atoms with E-state index in [2.05, 4.69) is 11.8 Å². The zero-order chi connectivity index (χ0) is 16.3. The lowest BCUT2D eigenvalue weighted by atomic mass is 9.96. The Labute approximate surface area is 130 Å². The fourth-order valence-corrected chi connectivity index (χ4v) is 2.03. The molecule has 1 fully saturated rings. The van der Waals surface area contributed by atoms with Crippen molar-refractivity contribution in [2.75, 3.05) is 0 Å². The molecule has 1 aliphatic heterocycles. The number of ether oxygens (including phenoxy) is 2. The van der Waals surface area contributed by atoms with Crippen molar-refractivity contribution in [2.24, 2.45) is 5.92 Å². The van der Waals surface area contributed by atoms with Gasteiger partial charge in [0.2, 0.25) is 0 Å². The lowest BCUT2D eigenvalue weighted by molar-refractivity contribution is -0.222. The van der Waals surface area contributed by atoms with Crippen LogP contribution in [0.15, 0.2) is 41.5 Å². The van der Waals surface area contributed by atoms with E-state index in [4.69, 9.17) is 9.47 Å². The molecule has 1 heterocycles. The number of allylic oxidation sites excluding steroid dienone is 1. The minimum Gasteiger partial charge on any atom is -0.419 e. The highest BCUT2D eigenvalue weighted by atomic mass is 16.7. The van der Waals surface area contributed by atoms with Gasteiger partial charge in [-0.15, -0.1) is 0 Å². The monoisotopic (exact) mass is 298 g/mol. The van der Waals surface area contributed by atoms with Crippen LogP contribution < -0.4 is 0 Å². The number of cyclic esters (lactones) is 2. The number of rotatable bonds is 1. The molecule has 114 valence electrons. The number of benzene rings is 1. The summed E-state index contributed by atoms with van der Waals surface area (Å²) < 4.78 is 10.3. The van der Waals surface area contributed by atoms with Crippen molar-refractivity contribution in [2.45, 2.75) is 33.5 Å². The van der Waals surface area contributed by atoms with Gasteiger partial charge in [0.05, 0.1) is 0 Å². The zero-order valence-electron chi connectivity index (χ0n) is 13.1. The van der Waals surface area contributed by atoms with Crippen LogP contribution in [0.4, 0.5) is 0 Å². The van der Waals surface area contributed by atoms with Gasteiger partial charge in [-0.05, 0) is 18.1 Å². The van der Waals surface area contributed by atoms with Crippen molar-refractivity contribution in [1.29, 1.82) is 0 Å². The Hall–Kier alpha value is -2.54. The molecule has 0 atom stereocenters. The fraction of sp³-hybridized carbons (Fsp3) is 0.333. The second-order valence-corrected chi connectivity index (χ2v) is 5.74. The second kappa shape index (κ2) is 6.07. The maximum absolute atomic E-state index is 12.1. The summed E-state index contributed by atoms with van der Waals surface area (Å²) in [4.78, 5) is 24.3. The van der Waals surface area contributed by atoms with Crippen LogP contribution >= 0.6 is 0 Å². The van der Waals surface area contributed by atoms with Crippen LogP contribution in [0.2, 0.25) is 0 Å². The standard InChI is InChI=1S/C18H18O4/c1-12(2)14(11-10-13-8-6-5-7-9-13)15-16(19)21-18(3,4)22-17(15)20/h5-9,12H,1-4H3. The molecule has 0 unspecified atom stereocenters. The van der Waals surface area contributed by atoms with Gasteiger partial charge in [0, 0.05) is 25.0 Å². The quantitative estimate of drug-likeness (QED) is 0.346. The Balaban J connectivity index is 2.45. The molecule has 1 saturated heterocycles. The number of hydrogen-bond acceptors (Lipinski definition) is 4. The van der Waals surface area contributed by atoms with Crippen molar-refractivity contribution in [3.05, 3.63) is 47.0 Å². The summed E-state index contributed by atoms with van der Waals surface area (Å²) in [7, 11) is 0. The molecule has 0 radical (unpaired) electrons. The molecule has 0 N–H and O–H groups in total. The normalized spacial score (nSPS) is 16.5. The molecule has 1 aromatic rings. The van der Waals surface area contributed by atoms with E-state index in [-0.39, 0.29) is 11.5 Å². The first-order chi connectivity index (χ1) is 10.3. The number of esters is 2. The lowest BCUT2D eigenvalue weighted by Gasteiger charge is -2.30. The van der Waals surface area contributed by atoms with Gasteiger partial charge >= 0.3 is 11.9 Å². The SMILES string of the molecule is CC(C)C(C#Cc1ccccc1)=C1C(=O)OC(C)(C)OC1=O. The van der Waals surface area contributed by atoms with E-state index >= 15 is 0 Å². The molecule has 0 aliphatic carbocycles. The maximum Gasteiger partial charge on any atom is 0.349 e. The predicted octanol–water partition coefficient (Wildman–Crippen LogP) is 2.83. The molecule has 2 rings (SSSR count). The van der Waals surface area contributed by atoms with Gasteiger partial charge < -0.3 is 9.47 Å². The van der Waals surface area contributed by atoms with Crippen LogP contribution in [-0.4, -0.2) is 17.7 Å². The smallest absolute Gasteiger partial charge is 0.349 e. The lowest BCUT2D eigenvalue weighted by Crippen LogP contribution is -2.42. The Kier molecular flexibility index (Phi) is 4.37. The summed E-state index contributed by atoms with van der Waals surface area (Å²) in [5.41, 5.74) is 1.12. The summed E-state index contributed by atoms with van der Waals surface area (Å²) in [5.74, 6) is 3.16. The average Bonchev–Trinajstić information content (AvgIpc) is 2.41. The van der Waals surface area contributed by atoms with Gasteiger partial charge in [-0.1, -0.05) is 43.9 Å². The highest BCUT2D eigenvalue weighted by Crippen LogP contribution is 2.27. The van der Waals surface area contributed by atoms with Gasteiger partial charge in [0.25, 0.3) is 5.79 Å². The van der Waals surface area contributed by atoms with E-state index in [1.54, 1.807) is 0 Å². The minimum absolute atomic E-state index is 0.104. The second-order valence-electron chi connectivity index (χ2n) is 5.74. The number of carbonyl (C=O) groups is 2. The van der Waals surface area contributed by atoms with Crippen molar-refractivity contribution >= 4 is 11.9 Å². The van der Waals surface area contributed by atoms with Crippen LogP contribution in [0.25, 0.3) is 0 Å². The molecule has 4 heteroatoms. The highest BCUT2D eigenvalue weighted by molar-refractivity contribution is 6.16. The average molecular weight is 298 g/mol. The molecule has 0 bridgehead atoms. The Morgan fingerprint density at radius 3 is 2.09 bits per heavy atom. The van der Waals surface area contributed by atoms with Crippen molar-refractivity contribution in [3.8, 4) is 11.8 Å². The molecule has 1 aliphatic rings. The first-order valence-electron chi connectivity index (χ1n) is 7.08. The van der Waals surface area contributed by atoms with E-state index in [9.17, 15) is 9.59 Å². The van der Waals surface area contributed by atoms with Gasteiger partial charge in [0.1, 0.15) is 0 Å². The highest BCUT2D eigenvalue weighted by Gasteiger charge is 2.40. The first kappa shape index (κ1) is 15.8. The fourth-order valence-electron chi connectivity index (χ4n) is 2.03. The zero-order valence-corrected chi connectivity index (χ0v) is 13.1. The summed E-state index contributed by atoms with van der Waals surface area (Å²) in [5, 5.41) is 0. The Bertz CT molecular complexity index is 663. The molecular formula is C18H18O4. The van der Waals surface area contributed by atoms with Crippen molar-refractivity contribution in [3.63, 3.8) is 0 Å². The molecule has 0 aromatic heterocycles. The van der Waals surface area contributed by atoms with E-state index in [0.29, 0.717) is 5.57 Å². The van der Waals surface area contributed by atoms with Gasteiger partial charge in [-0.2, -0.15) is 0 Å². The topological polar surface area (TPSA) is 52.6 Å². The number of hydrogen-bond donors (Lipinski definition) is 0. The third kappa shape index (κ3) is 3.56. The first-order valence-corrected chi connectivity index (χ1v) is 7.08. The summed E-state index contributed by atoms with van der Waals surface area (Å²) in [6, 6.07) is 9.35. The summed E-state index contributed by atoms with van der Waals surface area (Å²) in [6.07, 6.45) is 0. The number of carbonyl (C=O) groups excluding carboxylic acids is 2. The van der Waals surface area contributed by atoms with E-state index in [0.717, 1.165) is 5.56 Å². The van der Waals surface area contributed by atoms with Crippen molar-refractivity contribution in [1.82, 2.24) is 0 Å².